The largest absolute Gasteiger partial charge is 0.371 e. The third kappa shape index (κ3) is 5.67. The average molecular weight is 602 g/mol. The fraction of sp³-hybridized carbons (Fsp3) is 0.0714. The molecule has 0 saturated heterocycles. The molecule has 9 nitrogen and oxygen atoms in total. The number of nitrogens with zero attached hydrogens (tertiary/aromatic N) is 7. The third-order valence-electron chi connectivity index (χ3n) is 6.19. The lowest BCUT2D eigenvalue weighted by Gasteiger charge is -2.18. The molecule has 2 aromatic carbocycles. The summed E-state index contributed by atoms with van der Waals surface area (Å²) in [5, 5.41) is 28.0. The van der Waals surface area contributed by atoms with Crippen LogP contribution in [0.5, 0.6) is 0 Å². The highest BCUT2D eigenvalue weighted by atomic mass is 35.5. The van der Waals surface area contributed by atoms with Crippen LogP contribution in [0.1, 0.15) is 28.7 Å². The van der Waals surface area contributed by atoms with E-state index in [0.717, 1.165) is 11.4 Å². The Morgan fingerprint density at radius 3 is 2.66 bits per heavy atom. The smallest absolute Gasteiger partial charge is 0.141 e. The molecule has 0 aliphatic carbocycles. The second-order valence-corrected chi connectivity index (χ2v) is 10.5. The maximum atomic E-state index is 13.8. The van der Waals surface area contributed by atoms with E-state index in [4.69, 9.17) is 23.2 Å². The molecule has 202 valence electrons. The Morgan fingerprint density at radius 2 is 1.90 bits per heavy atom. The molecular formula is C28H18Cl2FN9S. The summed E-state index contributed by atoms with van der Waals surface area (Å²) in [5.74, 6) is -0.545. The summed E-state index contributed by atoms with van der Waals surface area (Å²) in [6.07, 6.45) is 5.01. The van der Waals surface area contributed by atoms with Gasteiger partial charge >= 0.3 is 0 Å². The van der Waals surface area contributed by atoms with E-state index >= 15 is 0 Å². The topological polar surface area (TPSA) is 117 Å². The molecule has 1 atom stereocenters. The van der Waals surface area contributed by atoms with Gasteiger partial charge in [-0.05, 0) is 42.5 Å². The van der Waals surface area contributed by atoms with Gasteiger partial charge in [0.25, 0.3) is 0 Å². The molecule has 1 unspecified atom stereocenters. The molecule has 0 amide bonds. The fourth-order valence-corrected chi connectivity index (χ4v) is 5.32. The summed E-state index contributed by atoms with van der Waals surface area (Å²) < 4.78 is 15.5. The number of hydrogen-bond donors (Lipinski definition) is 2. The summed E-state index contributed by atoms with van der Waals surface area (Å²) >= 11 is 14.1. The molecule has 0 saturated carbocycles. The Bertz CT molecular complexity index is 1890. The third-order valence-corrected chi connectivity index (χ3v) is 7.38. The van der Waals surface area contributed by atoms with E-state index in [1.807, 2.05) is 35.8 Å². The lowest BCUT2D eigenvalue weighted by molar-refractivity contribution is 0.628. The highest BCUT2D eigenvalue weighted by Gasteiger charge is 2.22. The Labute approximate surface area is 247 Å². The molecule has 13 heteroatoms. The molecule has 0 aliphatic heterocycles. The number of benzene rings is 2. The van der Waals surface area contributed by atoms with Crippen molar-refractivity contribution in [1.29, 1.82) is 5.26 Å². The van der Waals surface area contributed by atoms with Gasteiger partial charge in [-0.1, -0.05) is 34.5 Å². The number of nitrogens with one attached hydrogen (secondary N) is 2. The van der Waals surface area contributed by atoms with Crippen LogP contribution in [0.15, 0.2) is 78.0 Å². The maximum Gasteiger partial charge on any atom is 0.141 e. The lowest BCUT2D eigenvalue weighted by atomic mass is 10.1. The predicted octanol–water partition coefficient (Wildman–Crippen LogP) is 6.99. The number of anilines is 3. The highest BCUT2D eigenvalue weighted by Crippen LogP contribution is 2.37. The molecule has 0 spiro atoms. The monoisotopic (exact) mass is 601 g/mol. The van der Waals surface area contributed by atoms with E-state index in [0.29, 0.717) is 45.2 Å². The van der Waals surface area contributed by atoms with Gasteiger partial charge in [0.05, 0.1) is 56.5 Å². The number of pyridine rings is 2. The minimum absolute atomic E-state index is 0.0468. The van der Waals surface area contributed by atoms with Crippen LogP contribution in [-0.2, 0) is 6.54 Å². The second-order valence-electron chi connectivity index (χ2n) is 8.92. The van der Waals surface area contributed by atoms with Crippen LogP contribution in [0.3, 0.4) is 0 Å². The van der Waals surface area contributed by atoms with Crippen molar-refractivity contribution < 1.29 is 4.39 Å². The first-order valence-corrected chi connectivity index (χ1v) is 13.9. The second kappa shape index (κ2) is 11.5. The van der Waals surface area contributed by atoms with E-state index in [2.05, 4.69) is 42.0 Å². The van der Waals surface area contributed by atoms with E-state index in [9.17, 15) is 9.65 Å². The molecule has 2 N–H and O–H groups in total. The SMILES string of the molecule is N#Cc1cnc2c(Cl)cc(NC(c3cscn3)c3cn(Cc4ccccn4)nn3)cc2c1Nc1ccc(F)c(Cl)c1. The number of halogens is 3. The van der Waals surface area contributed by atoms with Gasteiger partial charge in [-0.25, -0.2) is 14.1 Å². The average Bonchev–Trinajstić information content (AvgIpc) is 3.68. The standard InChI is InChI=1S/C28H18Cl2FN9S/c29-21-8-17(4-5-23(21)31)36-26-16(10-32)11-34-27-20(26)7-19(9-22(27)30)37-28(25-14-41-15-35-25)24-13-40(39-38-24)12-18-3-1-2-6-33-18/h1-9,11,13-15,28,37H,12H2,(H,34,36). The first-order chi connectivity index (χ1) is 20.0. The number of rotatable bonds is 8. The van der Waals surface area contributed by atoms with Crippen molar-refractivity contribution in [2.24, 2.45) is 0 Å². The molecule has 0 radical (unpaired) electrons. The first-order valence-electron chi connectivity index (χ1n) is 12.2. The van der Waals surface area contributed by atoms with Crippen LogP contribution < -0.4 is 10.6 Å². The van der Waals surface area contributed by atoms with Gasteiger partial charge in [0.2, 0.25) is 0 Å². The molecule has 41 heavy (non-hydrogen) atoms. The zero-order chi connectivity index (χ0) is 28.3. The van der Waals surface area contributed by atoms with E-state index in [-0.39, 0.29) is 10.6 Å². The van der Waals surface area contributed by atoms with Crippen LogP contribution in [0.25, 0.3) is 10.9 Å². The molecule has 6 rings (SSSR count). The van der Waals surface area contributed by atoms with Crippen molar-refractivity contribution in [1.82, 2.24) is 29.9 Å². The Balaban J connectivity index is 1.38. The van der Waals surface area contributed by atoms with Crippen LogP contribution in [-0.4, -0.2) is 29.9 Å². The van der Waals surface area contributed by atoms with Gasteiger partial charge in [-0.3, -0.25) is 9.97 Å². The van der Waals surface area contributed by atoms with Gasteiger partial charge in [0, 0.05) is 34.5 Å². The normalized spacial score (nSPS) is 11.8. The van der Waals surface area contributed by atoms with Crippen LogP contribution in [0.2, 0.25) is 10.0 Å². The first kappa shape index (κ1) is 26.6. The molecule has 4 aromatic heterocycles. The Kier molecular flexibility index (Phi) is 7.43. The molecule has 6 aromatic rings. The zero-order valence-electron chi connectivity index (χ0n) is 21.0. The van der Waals surface area contributed by atoms with Crippen molar-refractivity contribution in [3.8, 4) is 6.07 Å². The van der Waals surface area contributed by atoms with Gasteiger partial charge in [0.1, 0.15) is 23.6 Å². The summed E-state index contributed by atoms with van der Waals surface area (Å²) in [5.41, 5.74) is 6.35. The maximum absolute atomic E-state index is 13.8. The van der Waals surface area contributed by atoms with E-state index in [1.165, 1.54) is 35.7 Å². The highest BCUT2D eigenvalue weighted by molar-refractivity contribution is 7.07. The van der Waals surface area contributed by atoms with Crippen LogP contribution in [0.4, 0.5) is 21.5 Å². The fourth-order valence-electron chi connectivity index (χ4n) is 4.29. The van der Waals surface area contributed by atoms with Gasteiger partial charge in [0.15, 0.2) is 0 Å². The molecule has 0 fully saturated rings. The van der Waals surface area contributed by atoms with E-state index < -0.39 is 11.9 Å². The van der Waals surface area contributed by atoms with Crippen LogP contribution in [0, 0.1) is 17.1 Å². The van der Waals surface area contributed by atoms with Crippen molar-refractivity contribution in [2.75, 3.05) is 10.6 Å². The molecule has 0 aliphatic rings. The van der Waals surface area contributed by atoms with Crippen LogP contribution >= 0.6 is 34.5 Å². The van der Waals surface area contributed by atoms with Gasteiger partial charge in [-0.2, -0.15) is 5.26 Å². The Hall–Kier alpha value is -4.63. The molecule has 4 heterocycles. The number of hydrogen-bond acceptors (Lipinski definition) is 9. The summed E-state index contributed by atoms with van der Waals surface area (Å²) in [6.45, 7) is 0.463. The lowest BCUT2D eigenvalue weighted by Crippen LogP contribution is -2.13. The van der Waals surface area contributed by atoms with Gasteiger partial charge < -0.3 is 10.6 Å². The molecule has 0 bridgehead atoms. The number of aromatic nitrogens is 6. The summed E-state index contributed by atoms with van der Waals surface area (Å²) in [7, 11) is 0. The number of nitriles is 1. The number of fused-ring (bicyclic) bond motifs is 1. The van der Waals surface area contributed by atoms with Crippen molar-refractivity contribution in [3.63, 3.8) is 0 Å². The minimum Gasteiger partial charge on any atom is -0.371 e. The van der Waals surface area contributed by atoms with Crippen molar-refractivity contribution in [3.05, 3.63) is 117 Å². The van der Waals surface area contributed by atoms with Crippen molar-refractivity contribution >= 4 is 62.5 Å². The van der Waals surface area contributed by atoms with Gasteiger partial charge in [-0.15, -0.1) is 16.4 Å². The predicted molar refractivity (Wildman–Crippen MR) is 157 cm³/mol. The molecular weight excluding hydrogens is 584 g/mol. The quantitative estimate of drug-likeness (QED) is 0.192. The number of thiazole rings is 1. The van der Waals surface area contributed by atoms with Crippen molar-refractivity contribution in [2.45, 2.75) is 12.6 Å². The summed E-state index contributed by atoms with van der Waals surface area (Å²) in [4.78, 5) is 13.3. The summed E-state index contributed by atoms with van der Waals surface area (Å²) in [6, 6.07) is 15.2. The Morgan fingerprint density at radius 1 is 1.02 bits per heavy atom. The van der Waals surface area contributed by atoms with E-state index in [1.54, 1.807) is 22.5 Å². The minimum atomic E-state index is -0.545. The zero-order valence-corrected chi connectivity index (χ0v) is 23.3.